The molecule has 6 nitrogen and oxygen atoms in total. The molecule has 2 fully saturated rings. The highest BCUT2D eigenvalue weighted by Crippen LogP contribution is 2.33. The van der Waals surface area contributed by atoms with Gasteiger partial charge in [-0.2, -0.15) is 0 Å². The average molecular weight is 331 g/mol. The first kappa shape index (κ1) is 16.9. The molecule has 2 aliphatic heterocycles. The Hall–Kier alpha value is -1.92. The summed E-state index contributed by atoms with van der Waals surface area (Å²) in [5.41, 5.74) is 0.820. The van der Waals surface area contributed by atoms with Gasteiger partial charge < -0.3 is 15.3 Å². The predicted octanol–water partition coefficient (Wildman–Crippen LogP) is -0.0291. The van der Waals surface area contributed by atoms with E-state index in [1.54, 1.807) is 4.90 Å². The third-order valence-electron chi connectivity index (χ3n) is 5.09. The topological polar surface area (TPSA) is 72.9 Å². The molecule has 1 unspecified atom stereocenters. The molecule has 2 aliphatic rings. The third kappa shape index (κ3) is 3.60. The van der Waals surface area contributed by atoms with E-state index in [4.69, 9.17) is 0 Å². The molecule has 0 spiro atoms. The van der Waals surface area contributed by atoms with Crippen LogP contribution in [0.4, 0.5) is 0 Å². The van der Waals surface area contributed by atoms with Crippen LogP contribution in [0, 0.1) is 0 Å². The van der Waals surface area contributed by atoms with Crippen LogP contribution < -0.4 is 5.32 Å². The molecular weight excluding hydrogens is 306 g/mol. The van der Waals surface area contributed by atoms with Crippen molar-refractivity contribution in [2.45, 2.75) is 18.3 Å². The highest BCUT2D eigenvalue weighted by atomic mass is 16.3. The molecule has 1 aromatic carbocycles. The minimum atomic E-state index is -0.306. The predicted molar refractivity (Wildman–Crippen MR) is 90.5 cm³/mol. The monoisotopic (exact) mass is 331 g/mol. The second-order valence-corrected chi connectivity index (χ2v) is 6.78. The maximum Gasteiger partial charge on any atom is 0.239 e. The fourth-order valence-electron chi connectivity index (χ4n) is 3.75. The molecule has 24 heavy (non-hydrogen) atoms. The number of benzene rings is 1. The van der Waals surface area contributed by atoms with Crippen molar-refractivity contribution < 1.29 is 14.7 Å². The first-order valence-corrected chi connectivity index (χ1v) is 8.56. The van der Waals surface area contributed by atoms with E-state index in [-0.39, 0.29) is 30.4 Å². The first-order valence-electron chi connectivity index (χ1n) is 8.56. The van der Waals surface area contributed by atoms with Crippen LogP contribution in [0.25, 0.3) is 0 Å². The number of hydrogen-bond acceptors (Lipinski definition) is 4. The van der Waals surface area contributed by atoms with Gasteiger partial charge in [-0.1, -0.05) is 30.3 Å². The summed E-state index contributed by atoms with van der Waals surface area (Å²) < 4.78 is 0. The molecule has 0 bridgehead atoms. The van der Waals surface area contributed by atoms with E-state index in [1.807, 2.05) is 18.2 Å². The van der Waals surface area contributed by atoms with Crippen molar-refractivity contribution in [2.24, 2.45) is 0 Å². The highest BCUT2D eigenvalue weighted by molar-refractivity contribution is 5.86. The molecule has 0 radical (unpaired) electrons. The summed E-state index contributed by atoms with van der Waals surface area (Å²) >= 11 is 0. The van der Waals surface area contributed by atoms with Gasteiger partial charge in [0.05, 0.1) is 19.7 Å². The zero-order valence-electron chi connectivity index (χ0n) is 13.9. The maximum atomic E-state index is 12.5. The lowest BCUT2D eigenvalue weighted by molar-refractivity contribution is -0.139. The van der Waals surface area contributed by atoms with Crippen molar-refractivity contribution in [3.05, 3.63) is 35.9 Å². The van der Waals surface area contributed by atoms with Crippen molar-refractivity contribution in [1.29, 1.82) is 0 Å². The quantitative estimate of drug-likeness (QED) is 0.813. The zero-order chi connectivity index (χ0) is 17.0. The number of amides is 2. The number of nitrogens with one attached hydrogen (secondary N) is 1. The standard InChI is InChI=1S/C18H25N3O3/c22-14-18(15-5-2-1-3-6-15)7-4-9-20(13-18)12-17(24)21-10-8-19-16(23)11-21/h1-3,5-6,22H,4,7-14H2,(H,19,23). The summed E-state index contributed by atoms with van der Waals surface area (Å²) in [4.78, 5) is 27.7. The van der Waals surface area contributed by atoms with E-state index >= 15 is 0 Å². The number of hydrogen-bond donors (Lipinski definition) is 2. The van der Waals surface area contributed by atoms with E-state index in [0.29, 0.717) is 26.2 Å². The van der Waals surface area contributed by atoms with Crippen molar-refractivity contribution >= 4 is 11.8 Å². The normalized spacial score (nSPS) is 25.4. The number of piperidine rings is 1. The van der Waals surface area contributed by atoms with Crippen LogP contribution in [0.1, 0.15) is 18.4 Å². The molecule has 1 atom stereocenters. The number of piperazine rings is 1. The molecule has 0 aromatic heterocycles. The lowest BCUT2D eigenvalue weighted by atomic mass is 9.75. The van der Waals surface area contributed by atoms with Crippen LogP contribution in [0.2, 0.25) is 0 Å². The number of likely N-dealkylation sites (tertiary alicyclic amines) is 1. The van der Waals surface area contributed by atoms with E-state index in [9.17, 15) is 14.7 Å². The average Bonchev–Trinajstić information content (AvgIpc) is 2.62. The molecule has 2 heterocycles. The largest absolute Gasteiger partial charge is 0.395 e. The van der Waals surface area contributed by atoms with Gasteiger partial charge in [0.25, 0.3) is 0 Å². The fourth-order valence-corrected chi connectivity index (χ4v) is 3.75. The van der Waals surface area contributed by atoms with Gasteiger partial charge in [0, 0.05) is 25.0 Å². The van der Waals surface area contributed by atoms with E-state index in [0.717, 1.165) is 24.9 Å². The van der Waals surface area contributed by atoms with Crippen LogP contribution in [-0.2, 0) is 15.0 Å². The summed E-state index contributed by atoms with van der Waals surface area (Å²) in [6.07, 6.45) is 1.87. The van der Waals surface area contributed by atoms with Crippen molar-refractivity contribution in [3.63, 3.8) is 0 Å². The van der Waals surface area contributed by atoms with Gasteiger partial charge in [-0.25, -0.2) is 0 Å². The Kier molecular flexibility index (Phi) is 5.16. The number of carbonyl (C=O) groups excluding carboxylic acids is 2. The Morgan fingerprint density at radius 2 is 2.04 bits per heavy atom. The highest BCUT2D eigenvalue weighted by Gasteiger charge is 2.37. The van der Waals surface area contributed by atoms with Crippen molar-refractivity contribution in [2.75, 3.05) is 45.9 Å². The molecule has 3 rings (SSSR count). The Bertz CT molecular complexity index is 592. The molecule has 2 saturated heterocycles. The van der Waals surface area contributed by atoms with Gasteiger partial charge in [-0.15, -0.1) is 0 Å². The van der Waals surface area contributed by atoms with Gasteiger partial charge in [0.2, 0.25) is 11.8 Å². The molecule has 2 amide bonds. The van der Waals surface area contributed by atoms with Crippen LogP contribution in [0.5, 0.6) is 0 Å². The molecule has 130 valence electrons. The molecule has 6 heteroatoms. The van der Waals surface area contributed by atoms with Gasteiger partial charge >= 0.3 is 0 Å². The van der Waals surface area contributed by atoms with Gasteiger partial charge in [-0.3, -0.25) is 14.5 Å². The second-order valence-electron chi connectivity index (χ2n) is 6.78. The Labute approximate surface area is 142 Å². The van der Waals surface area contributed by atoms with E-state index in [2.05, 4.69) is 22.3 Å². The molecule has 2 N–H and O–H groups in total. The second kappa shape index (κ2) is 7.32. The van der Waals surface area contributed by atoms with Crippen molar-refractivity contribution in [1.82, 2.24) is 15.1 Å². The number of nitrogens with zero attached hydrogens (tertiary/aromatic N) is 2. The van der Waals surface area contributed by atoms with Crippen LogP contribution in [-0.4, -0.2) is 72.6 Å². The number of rotatable bonds is 4. The number of carbonyl (C=O) groups is 2. The maximum absolute atomic E-state index is 12.5. The van der Waals surface area contributed by atoms with Crippen LogP contribution >= 0.6 is 0 Å². The Morgan fingerprint density at radius 1 is 1.25 bits per heavy atom. The van der Waals surface area contributed by atoms with Gasteiger partial charge in [0.15, 0.2) is 0 Å². The molecule has 1 aromatic rings. The lowest BCUT2D eigenvalue weighted by Gasteiger charge is -2.42. The van der Waals surface area contributed by atoms with Crippen LogP contribution in [0.3, 0.4) is 0 Å². The number of aliphatic hydroxyl groups excluding tert-OH is 1. The summed E-state index contributed by atoms with van der Waals surface area (Å²) in [5, 5.41) is 12.8. The Morgan fingerprint density at radius 3 is 2.75 bits per heavy atom. The summed E-state index contributed by atoms with van der Waals surface area (Å²) in [6, 6.07) is 10.1. The van der Waals surface area contributed by atoms with Crippen LogP contribution in [0.15, 0.2) is 30.3 Å². The minimum Gasteiger partial charge on any atom is -0.395 e. The van der Waals surface area contributed by atoms with E-state index in [1.165, 1.54) is 0 Å². The third-order valence-corrected chi connectivity index (χ3v) is 5.09. The molecule has 0 aliphatic carbocycles. The fraction of sp³-hybridized carbons (Fsp3) is 0.556. The first-order chi connectivity index (χ1) is 11.6. The zero-order valence-corrected chi connectivity index (χ0v) is 13.9. The number of aliphatic hydroxyl groups is 1. The lowest BCUT2D eigenvalue weighted by Crippen LogP contribution is -2.55. The van der Waals surface area contributed by atoms with Crippen molar-refractivity contribution in [3.8, 4) is 0 Å². The SMILES string of the molecule is O=C1CN(C(=O)CN2CCCC(CO)(c3ccccc3)C2)CCN1. The minimum absolute atomic E-state index is 0.00773. The smallest absolute Gasteiger partial charge is 0.239 e. The summed E-state index contributed by atoms with van der Waals surface area (Å²) in [5.74, 6) is -0.103. The van der Waals surface area contributed by atoms with E-state index < -0.39 is 0 Å². The van der Waals surface area contributed by atoms with Gasteiger partial charge in [0.1, 0.15) is 0 Å². The summed E-state index contributed by atoms with van der Waals surface area (Å²) in [7, 11) is 0. The molecular formula is C18H25N3O3. The molecule has 0 saturated carbocycles. The Balaban J connectivity index is 1.66. The van der Waals surface area contributed by atoms with Gasteiger partial charge in [-0.05, 0) is 24.9 Å². The summed E-state index contributed by atoms with van der Waals surface area (Å²) in [6.45, 7) is 3.14.